The Hall–Kier alpha value is -2.73. The zero-order chi connectivity index (χ0) is 23.4. The number of carboxylic acid groups (broad SMARTS) is 1. The molecule has 0 aliphatic carbocycles. The van der Waals surface area contributed by atoms with E-state index in [2.05, 4.69) is 22.1 Å². The Morgan fingerprint density at radius 2 is 1.93 bits per heavy atom. The molecule has 0 saturated heterocycles. The highest BCUT2D eigenvalue weighted by Gasteiger charge is 2.12. The van der Waals surface area contributed by atoms with Crippen LogP contribution in [-0.2, 0) is 4.79 Å². The van der Waals surface area contributed by atoms with E-state index in [0.717, 1.165) is 23.3 Å². The van der Waals surface area contributed by atoms with Crippen molar-refractivity contribution in [1.29, 1.82) is 0 Å². The van der Waals surface area contributed by atoms with Gasteiger partial charge in [-0.15, -0.1) is 11.3 Å². The molecule has 0 aliphatic heterocycles. The van der Waals surface area contributed by atoms with Gasteiger partial charge in [0.25, 0.3) is 0 Å². The molecule has 0 bridgehead atoms. The summed E-state index contributed by atoms with van der Waals surface area (Å²) in [6.45, 7) is 17.5. The largest absolute Gasteiger partial charge is 0.477 e. The summed E-state index contributed by atoms with van der Waals surface area (Å²) in [7, 11) is 0. The molecular weight excluding hydrogens is 394 g/mol. The maximum absolute atomic E-state index is 11.5. The van der Waals surface area contributed by atoms with E-state index in [-0.39, 0.29) is 12.1 Å². The molecule has 1 rings (SSSR count). The number of rotatable bonds is 10. The van der Waals surface area contributed by atoms with Gasteiger partial charge in [-0.05, 0) is 25.8 Å². The van der Waals surface area contributed by atoms with Crippen molar-refractivity contribution in [3.63, 3.8) is 0 Å². The fraction of sp³-hybridized carbons (Fsp3) is 0.375. The minimum Gasteiger partial charge on any atom is -0.477 e. The van der Waals surface area contributed by atoms with Gasteiger partial charge in [0, 0.05) is 17.4 Å². The first-order valence-corrected chi connectivity index (χ1v) is 11.2. The number of hydrazone groups is 1. The van der Waals surface area contributed by atoms with Gasteiger partial charge in [-0.25, -0.2) is 9.78 Å². The van der Waals surface area contributed by atoms with E-state index in [0.29, 0.717) is 5.13 Å². The van der Waals surface area contributed by atoms with Crippen LogP contribution in [0.3, 0.4) is 0 Å². The summed E-state index contributed by atoms with van der Waals surface area (Å²) >= 11 is 1.36. The lowest BCUT2D eigenvalue weighted by molar-refractivity contribution is -0.129. The van der Waals surface area contributed by atoms with Crippen LogP contribution in [0.25, 0.3) is 5.57 Å². The molecule has 0 aromatic carbocycles. The smallest absolute Gasteiger partial charge is 0.352 e. The Morgan fingerprint density at radius 1 is 1.27 bits per heavy atom. The van der Waals surface area contributed by atoms with Gasteiger partial charge in [0.15, 0.2) is 0 Å². The van der Waals surface area contributed by atoms with Crippen molar-refractivity contribution in [3.05, 3.63) is 65.8 Å². The van der Waals surface area contributed by atoms with Crippen LogP contribution in [0.15, 0.2) is 65.2 Å². The predicted octanol–water partition coefficient (Wildman–Crippen LogP) is 7.50. The second-order valence-electron chi connectivity index (χ2n) is 5.22. The van der Waals surface area contributed by atoms with Crippen molar-refractivity contribution in [2.45, 2.75) is 61.3 Å². The van der Waals surface area contributed by atoms with Crippen molar-refractivity contribution in [3.8, 4) is 0 Å². The molecule has 30 heavy (non-hydrogen) atoms. The van der Waals surface area contributed by atoms with Gasteiger partial charge >= 0.3 is 5.97 Å². The number of aromatic nitrogens is 1. The number of anilines is 1. The second kappa shape index (κ2) is 19.6. The Bertz CT molecular complexity index is 769. The molecule has 2 N–H and O–H groups in total. The van der Waals surface area contributed by atoms with Gasteiger partial charge in [-0.2, -0.15) is 5.10 Å². The molecule has 1 aromatic rings. The Labute approximate surface area is 186 Å². The lowest BCUT2D eigenvalue weighted by Crippen LogP contribution is -2.15. The minimum atomic E-state index is -1.06. The van der Waals surface area contributed by atoms with Gasteiger partial charge in [-0.3, -0.25) is 5.43 Å². The first-order chi connectivity index (χ1) is 14.5. The van der Waals surface area contributed by atoms with Crippen LogP contribution in [0.2, 0.25) is 0 Å². The molecule has 0 saturated carbocycles. The van der Waals surface area contributed by atoms with Gasteiger partial charge in [0.1, 0.15) is 5.71 Å². The molecule has 0 amide bonds. The van der Waals surface area contributed by atoms with E-state index >= 15 is 0 Å². The molecule has 0 aliphatic rings. The van der Waals surface area contributed by atoms with E-state index < -0.39 is 5.97 Å². The van der Waals surface area contributed by atoms with Crippen LogP contribution in [0.1, 0.15) is 67.0 Å². The van der Waals surface area contributed by atoms with Crippen LogP contribution in [-0.4, -0.2) is 21.8 Å². The average Bonchev–Trinajstić information content (AvgIpc) is 3.24. The average molecular weight is 432 g/mol. The highest BCUT2D eigenvalue weighted by atomic mass is 32.1. The molecule has 0 spiro atoms. The maximum atomic E-state index is 11.5. The number of thiazole rings is 1. The Balaban J connectivity index is 0. The zero-order valence-corrected chi connectivity index (χ0v) is 20.2. The number of carboxylic acids is 1. The van der Waals surface area contributed by atoms with Crippen molar-refractivity contribution >= 4 is 33.7 Å². The van der Waals surface area contributed by atoms with Crippen molar-refractivity contribution in [2.24, 2.45) is 5.10 Å². The number of nitrogens with zero attached hydrogens (tertiary/aromatic N) is 2. The maximum Gasteiger partial charge on any atom is 0.352 e. The molecule has 166 valence electrons. The summed E-state index contributed by atoms with van der Waals surface area (Å²) in [5.74, 6) is -1.06. The molecule has 0 radical (unpaired) electrons. The van der Waals surface area contributed by atoms with Crippen LogP contribution < -0.4 is 5.43 Å². The summed E-state index contributed by atoms with van der Waals surface area (Å²) in [6.07, 6.45) is 14.4. The standard InChI is InChI=1S/C20H25N3O2S.2C2H6/c1-5-9-12-15(8-4)13-17(19(24)25)22-23-20-21-18(14-26-20)16(10-6-2)11-7-3;2*1-2/h6-12,14H,2,5,13H2,1,3-4H3,(H,21,23)(H,24,25);2*1-2H3/b11-7-,12-9-,15-8+,16-10+,22-17+;;. The van der Waals surface area contributed by atoms with E-state index in [1.54, 1.807) is 6.08 Å². The van der Waals surface area contributed by atoms with E-state index in [1.165, 1.54) is 11.3 Å². The number of aliphatic carboxylic acids is 1. The number of allylic oxidation sites excluding steroid dienone is 9. The number of carbonyl (C=O) groups is 1. The highest BCUT2D eigenvalue weighted by molar-refractivity contribution is 7.13. The second-order valence-corrected chi connectivity index (χ2v) is 6.08. The van der Waals surface area contributed by atoms with Crippen molar-refractivity contribution in [2.75, 3.05) is 5.43 Å². The zero-order valence-electron chi connectivity index (χ0n) is 19.4. The third-order valence-corrected chi connectivity index (χ3v) is 4.03. The monoisotopic (exact) mass is 431 g/mol. The summed E-state index contributed by atoms with van der Waals surface area (Å²) in [5, 5.41) is 15.8. The fourth-order valence-electron chi connectivity index (χ4n) is 1.99. The normalized spacial score (nSPS) is 12.2. The van der Waals surface area contributed by atoms with Gasteiger partial charge in [-0.1, -0.05) is 83.7 Å². The number of nitrogens with one attached hydrogen (secondary N) is 1. The predicted molar refractivity (Wildman–Crippen MR) is 134 cm³/mol. The third kappa shape index (κ3) is 12.0. The fourth-order valence-corrected chi connectivity index (χ4v) is 2.65. The van der Waals surface area contributed by atoms with Crippen molar-refractivity contribution in [1.82, 2.24) is 4.98 Å². The highest BCUT2D eigenvalue weighted by Crippen LogP contribution is 2.23. The van der Waals surface area contributed by atoms with E-state index in [9.17, 15) is 9.90 Å². The first-order valence-electron chi connectivity index (χ1n) is 10.3. The van der Waals surface area contributed by atoms with Gasteiger partial charge in [0.05, 0.1) is 5.69 Å². The lowest BCUT2D eigenvalue weighted by atomic mass is 10.1. The Morgan fingerprint density at radius 3 is 2.43 bits per heavy atom. The first kappa shape index (κ1) is 29.5. The summed E-state index contributed by atoms with van der Waals surface area (Å²) < 4.78 is 0. The summed E-state index contributed by atoms with van der Waals surface area (Å²) in [4.78, 5) is 15.9. The third-order valence-electron chi connectivity index (χ3n) is 3.29. The molecule has 6 heteroatoms. The quantitative estimate of drug-likeness (QED) is 0.228. The molecule has 1 heterocycles. The number of hydrogen-bond acceptors (Lipinski definition) is 5. The van der Waals surface area contributed by atoms with E-state index in [1.807, 2.05) is 90.3 Å². The molecule has 0 fully saturated rings. The summed E-state index contributed by atoms with van der Waals surface area (Å²) in [6, 6.07) is 0. The molecule has 5 nitrogen and oxygen atoms in total. The van der Waals surface area contributed by atoms with Crippen LogP contribution >= 0.6 is 11.3 Å². The van der Waals surface area contributed by atoms with Crippen LogP contribution in [0.5, 0.6) is 0 Å². The van der Waals surface area contributed by atoms with Crippen LogP contribution in [0, 0.1) is 0 Å². The van der Waals surface area contributed by atoms with E-state index in [4.69, 9.17) is 0 Å². The molecule has 0 atom stereocenters. The molecule has 0 unspecified atom stereocenters. The SMILES string of the molecule is C=C/C=C(\C=C/C)c1csc(N/N=C(\CC(/C=C\CC)=C/C)C(=O)O)n1.CC.CC. The van der Waals surface area contributed by atoms with Crippen LogP contribution in [0.4, 0.5) is 5.13 Å². The Kier molecular flexibility index (Phi) is 19.2. The number of hydrogen-bond donors (Lipinski definition) is 2. The minimum absolute atomic E-state index is 0.0333. The molecule has 1 aromatic heterocycles. The van der Waals surface area contributed by atoms with Crippen molar-refractivity contribution < 1.29 is 9.90 Å². The summed E-state index contributed by atoms with van der Waals surface area (Å²) in [5.41, 5.74) is 5.40. The molecular formula is C24H37N3O2S. The lowest BCUT2D eigenvalue weighted by Gasteiger charge is -2.03. The topological polar surface area (TPSA) is 74.6 Å². The van der Waals surface area contributed by atoms with Gasteiger partial charge in [0.2, 0.25) is 5.13 Å². The van der Waals surface area contributed by atoms with Gasteiger partial charge < -0.3 is 5.11 Å².